The van der Waals surface area contributed by atoms with Gasteiger partial charge < -0.3 is 11.1 Å². The molecule has 5 heteroatoms. The van der Waals surface area contributed by atoms with E-state index in [9.17, 15) is 4.79 Å². The van der Waals surface area contributed by atoms with Crippen LogP contribution >= 0.6 is 0 Å². The summed E-state index contributed by atoms with van der Waals surface area (Å²) in [7, 11) is 0. The van der Waals surface area contributed by atoms with E-state index >= 15 is 0 Å². The van der Waals surface area contributed by atoms with Crippen molar-refractivity contribution in [3.8, 4) is 0 Å². The largest absolute Gasteiger partial charge is 0.396 e. The number of benzene rings is 1. The first-order chi connectivity index (χ1) is 9.54. The highest BCUT2D eigenvalue weighted by Gasteiger charge is 2.04. The molecule has 0 aliphatic rings. The van der Waals surface area contributed by atoms with E-state index in [0.29, 0.717) is 18.2 Å². The second-order valence-electron chi connectivity index (χ2n) is 5.14. The molecular weight excluding hydrogens is 252 g/mol. The van der Waals surface area contributed by atoms with Gasteiger partial charge in [0.25, 0.3) is 0 Å². The van der Waals surface area contributed by atoms with Crippen molar-refractivity contribution in [1.29, 1.82) is 0 Å². The minimum atomic E-state index is -0.0824. The van der Waals surface area contributed by atoms with E-state index in [1.165, 1.54) is 16.4 Å². The molecule has 20 heavy (non-hydrogen) atoms. The fourth-order valence-electron chi connectivity index (χ4n) is 1.89. The summed E-state index contributed by atoms with van der Waals surface area (Å²) < 4.78 is 1.52. The molecule has 0 fully saturated rings. The van der Waals surface area contributed by atoms with Gasteiger partial charge in [-0.15, -0.1) is 0 Å². The monoisotopic (exact) mass is 272 g/mol. The zero-order valence-electron chi connectivity index (χ0n) is 11.8. The predicted octanol–water partition coefficient (Wildman–Crippen LogP) is 1.91. The van der Waals surface area contributed by atoms with Crippen molar-refractivity contribution in [2.75, 3.05) is 5.73 Å². The van der Waals surface area contributed by atoms with Crippen molar-refractivity contribution < 1.29 is 4.79 Å². The molecule has 0 spiro atoms. The van der Waals surface area contributed by atoms with E-state index in [-0.39, 0.29) is 12.5 Å². The molecule has 3 N–H and O–H groups in total. The van der Waals surface area contributed by atoms with Crippen LogP contribution in [0.3, 0.4) is 0 Å². The second-order valence-corrected chi connectivity index (χ2v) is 5.14. The topological polar surface area (TPSA) is 72.9 Å². The van der Waals surface area contributed by atoms with Gasteiger partial charge in [0, 0.05) is 12.7 Å². The third-order valence-corrected chi connectivity index (χ3v) is 3.09. The number of nitrogens with one attached hydrogen (secondary N) is 1. The SMILES string of the molecule is CC(C)c1ccc(CNC(=O)Cn2cc(N)cn2)cc1. The Balaban J connectivity index is 1.83. The normalized spacial score (nSPS) is 10.8. The Bertz CT molecular complexity index is 572. The van der Waals surface area contributed by atoms with E-state index in [1.54, 1.807) is 6.20 Å². The van der Waals surface area contributed by atoms with Crippen molar-refractivity contribution in [2.45, 2.75) is 32.9 Å². The molecule has 1 aromatic carbocycles. The van der Waals surface area contributed by atoms with Crippen molar-refractivity contribution in [2.24, 2.45) is 0 Å². The highest BCUT2D eigenvalue weighted by Crippen LogP contribution is 2.14. The number of nitrogens with two attached hydrogens (primary N) is 1. The van der Waals surface area contributed by atoms with Crippen LogP contribution in [-0.2, 0) is 17.9 Å². The summed E-state index contributed by atoms with van der Waals surface area (Å²) in [5.74, 6) is 0.435. The van der Waals surface area contributed by atoms with Crippen molar-refractivity contribution in [3.05, 3.63) is 47.8 Å². The molecule has 0 saturated carbocycles. The highest BCUT2D eigenvalue weighted by molar-refractivity contribution is 5.75. The van der Waals surface area contributed by atoms with Gasteiger partial charge in [-0.1, -0.05) is 38.1 Å². The number of nitrogen functional groups attached to an aromatic ring is 1. The fraction of sp³-hybridized carbons (Fsp3) is 0.333. The highest BCUT2D eigenvalue weighted by atomic mass is 16.2. The van der Waals surface area contributed by atoms with Gasteiger partial charge in [-0.2, -0.15) is 5.10 Å². The first kappa shape index (κ1) is 14.1. The molecule has 0 radical (unpaired) electrons. The molecule has 1 aromatic heterocycles. The summed E-state index contributed by atoms with van der Waals surface area (Å²) >= 11 is 0. The van der Waals surface area contributed by atoms with Crippen LogP contribution in [0.25, 0.3) is 0 Å². The van der Waals surface area contributed by atoms with Gasteiger partial charge in [0.2, 0.25) is 5.91 Å². The Morgan fingerprint density at radius 3 is 2.60 bits per heavy atom. The van der Waals surface area contributed by atoms with Crippen molar-refractivity contribution in [1.82, 2.24) is 15.1 Å². The molecule has 106 valence electrons. The number of hydrogen-bond acceptors (Lipinski definition) is 3. The molecule has 0 atom stereocenters. The molecule has 2 rings (SSSR count). The van der Waals surface area contributed by atoms with Crippen LogP contribution < -0.4 is 11.1 Å². The van der Waals surface area contributed by atoms with Gasteiger partial charge in [-0.3, -0.25) is 9.48 Å². The minimum absolute atomic E-state index is 0.0824. The third kappa shape index (κ3) is 3.85. The maximum atomic E-state index is 11.8. The molecule has 1 heterocycles. The van der Waals surface area contributed by atoms with Crippen molar-refractivity contribution >= 4 is 11.6 Å². The lowest BCUT2D eigenvalue weighted by Gasteiger charge is -2.08. The van der Waals surface area contributed by atoms with Crippen LogP contribution in [0, 0.1) is 0 Å². The van der Waals surface area contributed by atoms with Crippen LogP contribution in [0.4, 0.5) is 5.69 Å². The van der Waals surface area contributed by atoms with Gasteiger partial charge in [0.15, 0.2) is 0 Å². The molecule has 5 nitrogen and oxygen atoms in total. The van der Waals surface area contributed by atoms with Gasteiger partial charge in [-0.25, -0.2) is 0 Å². The number of carbonyl (C=O) groups excluding carboxylic acids is 1. The van der Waals surface area contributed by atoms with Gasteiger partial charge >= 0.3 is 0 Å². The Morgan fingerprint density at radius 2 is 2.05 bits per heavy atom. The standard InChI is InChI=1S/C15H20N4O/c1-11(2)13-5-3-12(4-6-13)7-17-15(20)10-19-9-14(16)8-18-19/h3-6,8-9,11H,7,10,16H2,1-2H3,(H,17,20). The molecule has 0 bridgehead atoms. The Hall–Kier alpha value is -2.30. The summed E-state index contributed by atoms with van der Waals surface area (Å²) in [6.07, 6.45) is 3.16. The number of rotatable bonds is 5. The van der Waals surface area contributed by atoms with Gasteiger partial charge in [0.1, 0.15) is 6.54 Å². The molecule has 2 aromatic rings. The zero-order valence-corrected chi connectivity index (χ0v) is 11.8. The van der Waals surface area contributed by atoms with Crippen molar-refractivity contribution in [3.63, 3.8) is 0 Å². The number of carbonyl (C=O) groups is 1. The Labute approximate surface area is 118 Å². The average molecular weight is 272 g/mol. The molecular formula is C15H20N4O. The number of aromatic nitrogens is 2. The maximum absolute atomic E-state index is 11.8. The van der Waals surface area contributed by atoms with E-state index in [1.807, 2.05) is 12.1 Å². The average Bonchev–Trinajstić information content (AvgIpc) is 2.82. The van der Waals surface area contributed by atoms with Crippen LogP contribution in [0.15, 0.2) is 36.7 Å². The summed E-state index contributed by atoms with van der Waals surface area (Å²) in [4.78, 5) is 11.8. The van der Waals surface area contributed by atoms with E-state index in [0.717, 1.165) is 5.56 Å². The maximum Gasteiger partial charge on any atom is 0.241 e. The van der Waals surface area contributed by atoms with E-state index in [2.05, 4.69) is 36.4 Å². The van der Waals surface area contributed by atoms with Crippen LogP contribution in [0.1, 0.15) is 30.9 Å². The van der Waals surface area contributed by atoms with E-state index < -0.39 is 0 Å². The van der Waals surface area contributed by atoms with Crippen LogP contribution in [-0.4, -0.2) is 15.7 Å². The summed E-state index contributed by atoms with van der Waals surface area (Å²) in [6.45, 7) is 5.02. The van der Waals surface area contributed by atoms with E-state index in [4.69, 9.17) is 5.73 Å². The van der Waals surface area contributed by atoms with Gasteiger partial charge in [0.05, 0.1) is 11.9 Å². The second kappa shape index (κ2) is 6.23. The first-order valence-electron chi connectivity index (χ1n) is 6.68. The van der Waals surface area contributed by atoms with Crippen LogP contribution in [0.5, 0.6) is 0 Å². The molecule has 0 aliphatic carbocycles. The quantitative estimate of drug-likeness (QED) is 0.873. The first-order valence-corrected chi connectivity index (χ1v) is 6.68. The smallest absolute Gasteiger partial charge is 0.241 e. The lowest BCUT2D eigenvalue weighted by atomic mass is 10.0. The summed E-state index contributed by atoms with van der Waals surface area (Å²) in [6, 6.07) is 8.28. The number of amides is 1. The molecule has 0 unspecified atom stereocenters. The van der Waals surface area contributed by atoms with Crippen LogP contribution in [0.2, 0.25) is 0 Å². The number of nitrogens with zero attached hydrogens (tertiary/aromatic N) is 2. The minimum Gasteiger partial charge on any atom is -0.396 e. The number of anilines is 1. The van der Waals surface area contributed by atoms with Gasteiger partial charge in [-0.05, 0) is 17.0 Å². The Morgan fingerprint density at radius 1 is 1.35 bits per heavy atom. The zero-order chi connectivity index (χ0) is 14.5. The molecule has 0 saturated heterocycles. The summed E-state index contributed by atoms with van der Waals surface area (Å²) in [5.41, 5.74) is 8.48. The third-order valence-electron chi connectivity index (χ3n) is 3.09. The lowest BCUT2D eigenvalue weighted by Crippen LogP contribution is -2.27. The molecule has 1 amide bonds. The number of hydrogen-bond donors (Lipinski definition) is 2. The molecule has 0 aliphatic heterocycles. The Kier molecular flexibility index (Phi) is 4.40. The fourth-order valence-corrected chi connectivity index (χ4v) is 1.89. The predicted molar refractivity (Wildman–Crippen MR) is 79.0 cm³/mol. The lowest BCUT2D eigenvalue weighted by molar-refractivity contribution is -0.122. The summed E-state index contributed by atoms with van der Waals surface area (Å²) in [5, 5.41) is 6.84.